The summed E-state index contributed by atoms with van der Waals surface area (Å²) in [7, 11) is 0. The molecule has 2 fully saturated rings. The van der Waals surface area contributed by atoms with Crippen LogP contribution in [0.2, 0.25) is 0 Å². The first kappa shape index (κ1) is 9.38. The second-order valence-corrected chi connectivity index (χ2v) is 4.52. The zero-order valence-electron chi connectivity index (χ0n) is 7.68. The molecule has 2 unspecified atom stereocenters. The summed E-state index contributed by atoms with van der Waals surface area (Å²) in [6, 6.07) is 0. The zero-order chi connectivity index (χ0) is 9.47. The third-order valence-corrected chi connectivity index (χ3v) is 3.69. The quantitative estimate of drug-likeness (QED) is 0.673. The highest BCUT2D eigenvalue weighted by atomic mass is 19.3. The molecule has 2 bridgehead atoms. The number of aliphatic hydroxyl groups is 1. The molecule has 0 saturated heterocycles. The maximum atomic E-state index is 13.5. The summed E-state index contributed by atoms with van der Waals surface area (Å²) in [5.41, 5.74) is 0. The summed E-state index contributed by atoms with van der Waals surface area (Å²) in [6.07, 6.45) is 3.31. The van der Waals surface area contributed by atoms with Gasteiger partial charge in [-0.25, -0.2) is 8.78 Å². The molecule has 0 aromatic carbocycles. The van der Waals surface area contributed by atoms with Crippen LogP contribution in [-0.4, -0.2) is 17.6 Å². The lowest BCUT2D eigenvalue weighted by molar-refractivity contribution is -0.168. The predicted molar refractivity (Wildman–Crippen MR) is 45.6 cm³/mol. The molecule has 2 saturated carbocycles. The molecule has 0 radical (unpaired) electrons. The molecule has 0 aromatic heterocycles. The molecule has 0 heterocycles. The lowest BCUT2D eigenvalue weighted by Crippen LogP contribution is -2.46. The first-order valence-corrected chi connectivity index (χ1v) is 5.13. The van der Waals surface area contributed by atoms with Crippen LogP contribution in [0.4, 0.5) is 8.78 Å². The van der Waals surface area contributed by atoms with Gasteiger partial charge in [-0.15, -0.1) is 0 Å². The van der Waals surface area contributed by atoms with Crippen LogP contribution in [-0.2, 0) is 0 Å². The topological polar surface area (TPSA) is 20.2 Å². The van der Waals surface area contributed by atoms with Crippen LogP contribution in [0.1, 0.15) is 32.1 Å². The normalized spacial score (nSPS) is 43.2. The van der Waals surface area contributed by atoms with E-state index >= 15 is 0 Å². The van der Waals surface area contributed by atoms with Gasteiger partial charge in [0, 0.05) is 18.4 Å². The largest absolute Gasteiger partial charge is 0.396 e. The minimum absolute atomic E-state index is 0.0864. The summed E-state index contributed by atoms with van der Waals surface area (Å²) in [5, 5.41) is 8.97. The minimum atomic E-state index is -2.44. The van der Waals surface area contributed by atoms with Gasteiger partial charge in [0.05, 0.1) is 0 Å². The van der Waals surface area contributed by atoms with Crippen LogP contribution in [0.5, 0.6) is 0 Å². The Morgan fingerprint density at radius 2 is 1.69 bits per heavy atom. The number of halogens is 2. The van der Waals surface area contributed by atoms with Crippen molar-refractivity contribution in [3.63, 3.8) is 0 Å². The van der Waals surface area contributed by atoms with E-state index in [1.54, 1.807) is 0 Å². The molecule has 1 nitrogen and oxygen atoms in total. The van der Waals surface area contributed by atoms with Crippen molar-refractivity contribution in [3.8, 4) is 0 Å². The number of hydrogen-bond acceptors (Lipinski definition) is 1. The first-order valence-electron chi connectivity index (χ1n) is 5.13. The molecule has 13 heavy (non-hydrogen) atoms. The predicted octanol–water partition coefficient (Wildman–Crippen LogP) is 2.44. The highest BCUT2D eigenvalue weighted by Crippen LogP contribution is 2.52. The lowest BCUT2D eigenvalue weighted by Gasteiger charge is -2.45. The van der Waals surface area contributed by atoms with E-state index in [4.69, 9.17) is 5.11 Å². The average Bonchev–Trinajstić information content (AvgIpc) is 2.02. The standard InChI is InChI=1S/C10H16F2O/c11-10(12)8-2-1-3-9(10)5-7(4-8)6-13/h7-9,13H,1-6H2. The molecule has 0 spiro atoms. The van der Waals surface area contributed by atoms with E-state index in [-0.39, 0.29) is 12.5 Å². The molecule has 3 heteroatoms. The van der Waals surface area contributed by atoms with Crippen molar-refractivity contribution in [2.24, 2.45) is 17.8 Å². The van der Waals surface area contributed by atoms with Gasteiger partial charge < -0.3 is 5.11 Å². The minimum Gasteiger partial charge on any atom is -0.396 e. The van der Waals surface area contributed by atoms with Crippen molar-refractivity contribution in [2.45, 2.75) is 38.0 Å². The smallest absolute Gasteiger partial charge is 0.253 e. The van der Waals surface area contributed by atoms with E-state index in [0.29, 0.717) is 25.7 Å². The van der Waals surface area contributed by atoms with Crippen LogP contribution in [0, 0.1) is 17.8 Å². The van der Waals surface area contributed by atoms with E-state index < -0.39 is 17.8 Å². The molecular weight excluding hydrogens is 174 g/mol. The zero-order valence-corrected chi connectivity index (χ0v) is 7.68. The molecule has 0 aliphatic heterocycles. The maximum Gasteiger partial charge on any atom is 0.253 e. The molecule has 2 aliphatic carbocycles. The molecule has 0 aromatic rings. The Kier molecular flexibility index (Phi) is 2.30. The highest BCUT2D eigenvalue weighted by molar-refractivity contribution is 4.95. The summed E-state index contributed by atoms with van der Waals surface area (Å²) in [6.45, 7) is 0.0864. The number of rotatable bonds is 1. The number of hydrogen-bond donors (Lipinski definition) is 1. The van der Waals surface area contributed by atoms with Crippen LogP contribution >= 0.6 is 0 Å². The second-order valence-electron chi connectivity index (χ2n) is 4.52. The summed E-state index contributed by atoms with van der Waals surface area (Å²) < 4.78 is 27.1. The average molecular weight is 190 g/mol. The third kappa shape index (κ3) is 1.47. The summed E-state index contributed by atoms with van der Waals surface area (Å²) in [5.74, 6) is -3.20. The van der Waals surface area contributed by atoms with E-state index in [0.717, 1.165) is 6.42 Å². The Hall–Kier alpha value is -0.180. The Labute approximate surface area is 77.1 Å². The molecule has 1 N–H and O–H groups in total. The van der Waals surface area contributed by atoms with Gasteiger partial charge in [-0.2, -0.15) is 0 Å². The lowest BCUT2D eigenvalue weighted by atomic mass is 9.65. The molecule has 2 atom stereocenters. The van der Waals surface area contributed by atoms with Gasteiger partial charge in [0.1, 0.15) is 0 Å². The Morgan fingerprint density at radius 3 is 2.15 bits per heavy atom. The number of alkyl halides is 2. The second kappa shape index (κ2) is 3.19. The Balaban J connectivity index is 2.12. The number of fused-ring (bicyclic) bond motifs is 2. The number of aliphatic hydroxyl groups excluding tert-OH is 1. The Bertz CT molecular complexity index is 177. The van der Waals surface area contributed by atoms with Gasteiger partial charge in [0.2, 0.25) is 0 Å². The van der Waals surface area contributed by atoms with Gasteiger partial charge in [0.25, 0.3) is 5.92 Å². The van der Waals surface area contributed by atoms with Crippen LogP contribution in [0.25, 0.3) is 0 Å². The van der Waals surface area contributed by atoms with Gasteiger partial charge in [0.15, 0.2) is 0 Å². The fourth-order valence-corrected chi connectivity index (χ4v) is 2.93. The monoisotopic (exact) mass is 190 g/mol. The Morgan fingerprint density at radius 1 is 1.15 bits per heavy atom. The van der Waals surface area contributed by atoms with Gasteiger partial charge in [-0.1, -0.05) is 6.42 Å². The molecule has 0 amide bonds. The van der Waals surface area contributed by atoms with E-state index in [9.17, 15) is 8.78 Å². The summed E-state index contributed by atoms with van der Waals surface area (Å²) >= 11 is 0. The van der Waals surface area contributed by atoms with Crippen molar-refractivity contribution < 1.29 is 13.9 Å². The van der Waals surface area contributed by atoms with Crippen molar-refractivity contribution in [3.05, 3.63) is 0 Å². The highest BCUT2D eigenvalue weighted by Gasteiger charge is 2.53. The van der Waals surface area contributed by atoms with Crippen LogP contribution < -0.4 is 0 Å². The van der Waals surface area contributed by atoms with Crippen LogP contribution in [0.3, 0.4) is 0 Å². The summed E-state index contributed by atoms with van der Waals surface area (Å²) in [4.78, 5) is 0. The van der Waals surface area contributed by atoms with Crippen molar-refractivity contribution in [2.75, 3.05) is 6.61 Å². The van der Waals surface area contributed by atoms with Gasteiger partial charge in [-0.3, -0.25) is 0 Å². The fraction of sp³-hybridized carbons (Fsp3) is 1.00. The molecular formula is C10H16F2O. The first-order chi connectivity index (χ1) is 6.14. The van der Waals surface area contributed by atoms with Crippen LogP contribution in [0.15, 0.2) is 0 Å². The SMILES string of the molecule is OCC1CC2CCCC(C1)C2(F)F. The van der Waals surface area contributed by atoms with E-state index in [1.165, 1.54) is 0 Å². The van der Waals surface area contributed by atoms with Gasteiger partial charge in [-0.05, 0) is 31.6 Å². The van der Waals surface area contributed by atoms with Crippen molar-refractivity contribution >= 4 is 0 Å². The van der Waals surface area contributed by atoms with Gasteiger partial charge >= 0.3 is 0 Å². The molecule has 2 aliphatic rings. The fourth-order valence-electron chi connectivity index (χ4n) is 2.93. The maximum absolute atomic E-state index is 13.5. The van der Waals surface area contributed by atoms with E-state index in [1.807, 2.05) is 0 Å². The molecule has 2 rings (SSSR count). The third-order valence-electron chi connectivity index (χ3n) is 3.69. The van der Waals surface area contributed by atoms with Crippen molar-refractivity contribution in [1.82, 2.24) is 0 Å². The molecule has 76 valence electrons. The van der Waals surface area contributed by atoms with E-state index in [2.05, 4.69) is 0 Å². The van der Waals surface area contributed by atoms with Crippen molar-refractivity contribution in [1.29, 1.82) is 0 Å².